The molecule has 0 amide bonds. The lowest BCUT2D eigenvalue weighted by Gasteiger charge is -2.23. The number of hydrogen-bond donors (Lipinski definition) is 1. The van der Waals surface area contributed by atoms with Crippen LogP contribution in [-0.2, 0) is 19.5 Å². The zero-order chi connectivity index (χ0) is 15.6. The van der Waals surface area contributed by atoms with Crippen molar-refractivity contribution in [1.82, 2.24) is 30.0 Å². The van der Waals surface area contributed by atoms with E-state index >= 15 is 0 Å². The molecule has 0 spiro atoms. The molecule has 3 aromatic heterocycles. The van der Waals surface area contributed by atoms with E-state index in [1.807, 2.05) is 29.8 Å². The number of rotatable bonds is 4. The lowest BCUT2D eigenvalue weighted by molar-refractivity contribution is 0.356. The number of aryl methyl sites for hydroxylation is 2. The topological polar surface area (TPSA) is 68.5 Å². The van der Waals surface area contributed by atoms with Crippen molar-refractivity contribution >= 4 is 11.3 Å². The molecule has 1 unspecified atom stereocenters. The summed E-state index contributed by atoms with van der Waals surface area (Å²) in [6.07, 6.45) is 3.87. The summed E-state index contributed by atoms with van der Waals surface area (Å²) in [5, 5.41) is 11.1. The molecule has 0 bridgehead atoms. The highest BCUT2D eigenvalue weighted by Gasteiger charge is 2.20. The summed E-state index contributed by atoms with van der Waals surface area (Å²) in [5.41, 5.74) is 2.00. The molecule has 23 heavy (non-hydrogen) atoms. The molecule has 1 atom stereocenters. The second-order valence-electron chi connectivity index (χ2n) is 5.73. The second kappa shape index (κ2) is 6.17. The Kier molecular flexibility index (Phi) is 3.88. The van der Waals surface area contributed by atoms with Gasteiger partial charge in [-0.1, -0.05) is 6.07 Å². The lowest BCUT2D eigenvalue weighted by atomic mass is 10.1. The molecule has 0 saturated carbocycles. The van der Waals surface area contributed by atoms with E-state index in [0.717, 1.165) is 54.0 Å². The lowest BCUT2D eigenvalue weighted by Crippen LogP contribution is -2.37. The molecule has 0 aliphatic carbocycles. The average molecular weight is 326 g/mol. The zero-order valence-electron chi connectivity index (χ0n) is 12.9. The van der Waals surface area contributed by atoms with Crippen LogP contribution in [0.3, 0.4) is 0 Å². The van der Waals surface area contributed by atoms with Gasteiger partial charge in [0.05, 0.1) is 17.9 Å². The Morgan fingerprint density at radius 1 is 1.35 bits per heavy atom. The molecule has 0 aromatic carbocycles. The molecule has 1 aliphatic rings. The van der Waals surface area contributed by atoms with Gasteiger partial charge in [0.15, 0.2) is 0 Å². The normalized spacial score (nSPS) is 17.2. The number of thiazole rings is 1. The van der Waals surface area contributed by atoms with Crippen molar-refractivity contribution in [1.29, 1.82) is 0 Å². The van der Waals surface area contributed by atoms with Crippen LogP contribution in [0.25, 0.3) is 10.7 Å². The van der Waals surface area contributed by atoms with Crippen LogP contribution in [0.15, 0.2) is 29.8 Å². The van der Waals surface area contributed by atoms with E-state index in [4.69, 9.17) is 0 Å². The van der Waals surface area contributed by atoms with Gasteiger partial charge in [-0.25, -0.2) is 14.6 Å². The minimum Gasteiger partial charge on any atom is -0.306 e. The highest BCUT2D eigenvalue weighted by atomic mass is 32.1. The van der Waals surface area contributed by atoms with E-state index in [-0.39, 0.29) is 0 Å². The van der Waals surface area contributed by atoms with Gasteiger partial charge in [0.25, 0.3) is 0 Å². The Bertz CT molecular complexity index is 794. The van der Waals surface area contributed by atoms with Gasteiger partial charge in [0, 0.05) is 30.6 Å². The molecule has 4 heterocycles. The average Bonchev–Trinajstić information content (AvgIpc) is 3.18. The number of hydrogen-bond acceptors (Lipinski definition) is 6. The Morgan fingerprint density at radius 2 is 2.30 bits per heavy atom. The third kappa shape index (κ3) is 3.16. The summed E-state index contributed by atoms with van der Waals surface area (Å²) in [4.78, 5) is 13.5. The van der Waals surface area contributed by atoms with Crippen molar-refractivity contribution in [2.45, 2.75) is 38.9 Å². The van der Waals surface area contributed by atoms with Crippen molar-refractivity contribution in [3.8, 4) is 10.7 Å². The highest BCUT2D eigenvalue weighted by Crippen LogP contribution is 2.21. The van der Waals surface area contributed by atoms with E-state index in [0.29, 0.717) is 6.04 Å². The van der Waals surface area contributed by atoms with Gasteiger partial charge < -0.3 is 5.32 Å². The maximum absolute atomic E-state index is 4.67. The summed E-state index contributed by atoms with van der Waals surface area (Å²) in [6, 6.07) is 6.32. The van der Waals surface area contributed by atoms with Crippen molar-refractivity contribution < 1.29 is 0 Å². The van der Waals surface area contributed by atoms with Gasteiger partial charge in [-0.3, -0.25) is 4.98 Å². The Morgan fingerprint density at radius 3 is 3.17 bits per heavy atom. The molecule has 1 N–H and O–H groups in total. The maximum Gasteiger partial charge on any atom is 0.147 e. The van der Waals surface area contributed by atoms with E-state index in [9.17, 15) is 0 Å². The van der Waals surface area contributed by atoms with Gasteiger partial charge >= 0.3 is 0 Å². The minimum absolute atomic E-state index is 0.420. The number of fused-ring (bicyclic) bond motifs is 1. The number of nitrogens with one attached hydrogen (secondary N) is 1. The fourth-order valence-electron chi connectivity index (χ4n) is 2.84. The van der Waals surface area contributed by atoms with E-state index < -0.39 is 0 Å². The molecule has 7 heteroatoms. The van der Waals surface area contributed by atoms with Crippen molar-refractivity contribution in [2.24, 2.45) is 0 Å². The van der Waals surface area contributed by atoms with Gasteiger partial charge in [-0.15, -0.1) is 11.3 Å². The van der Waals surface area contributed by atoms with Gasteiger partial charge in [-0.2, -0.15) is 5.10 Å². The van der Waals surface area contributed by atoms with Gasteiger partial charge in [0.2, 0.25) is 0 Å². The minimum atomic E-state index is 0.420. The Labute approximate surface area is 138 Å². The van der Waals surface area contributed by atoms with E-state index in [2.05, 4.69) is 30.7 Å². The summed E-state index contributed by atoms with van der Waals surface area (Å²) < 4.78 is 2.02. The van der Waals surface area contributed by atoms with Crippen LogP contribution in [0, 0.1) is 6.92 Å². The first-order valence-corrected chi connectivity index (χ1v) is 8.65. The summed E-state index contributed by atoms with van der Waals surface area (Å²) in [5.74, 6) is 1.96. The van der Waals surface area contributed by atoms with Crippen LogP contribution in [0.5, 0.6) is 0 Å². The number of aromatic nitrogens is 5. The van der Waals surface area contributed by atoms with E-state index in [1.54, 1.807) is 17.5 Å². The van der Waals surface area contributed by atoms with Gasteiger partial charge in [0.1, 0.15) is 16.7 Å². The van der Waals surface area contributed by atoms with Crippen LogP contribution < -0.4 is 5.32 Å². The molecule has 6 nitrogen and oxygen atoms in total. The van der Waals surface area contributed by atoms with Crippen molar-refractivity contribution in [3.05, 3.63) is 47.1 Å². The third-order valence-electron chi connectivity index (χ3n) is 3.97. The summed E-state index contributed by atoms with van der Waals surface area (Å²) in [7, 11) is 0. The van der Waals surface area contributed by atoms with Crippen LogP contribution in [0.2, 0.25) is 0 Å². The Hall–Kier alpha value is -2.12. The third-order valence-corrected chi connectivity index (χ3v) is 4.89. The van der Waals surface area contributed by atoms with Crippen LogP contribution in [0.1, 0.15) is 23.8 Å². The SMILES string of the molecule is Cc1nc2n(n1)CC(NCc1csc(-c3ccccn3)n1)CC2. The molecule has 1 aliphatic heterocycles. The fraction of sp³-hybridized carbons (Fsp3) is 0.375. The van der Waals surface area contributed by atoms with Crippen LogP contribution in [-0.4, -0.2) is 30.8 Å². The predicted octanol–water partition coefficient (Wildman–Crippen LogP) is 2.21. The van der Waals surface area contributed by atoms with Crippen LogP contribution in [0.4, 0.5) is 0 Å². The largest absolute Gasteiger partial charge is 0.306 e. The highest BCUT2D eigenvalue weighted by molar-refractivity contribution is 7.13. The first-order chi connectivity index (χ1) is 11.3. The van der Waals surface area contributed by atoms with Gasteiger partial charge in [-0.05, 0) is 25.5 Å². The maximum atomic E-state index is 4.67. The molecule has 4 rings (SSSR count). The summed E-state index contributed by atoms with van der Waals surface area (Å²) in [6.45, 7) is 3.60. The van der Waals surface area contributed by atoms with Crippen molar-refractivity contribution in [2.75, 3.05) is 0 Å². The molecule has 3 aromatic rings. The Balaban J connectivity index is 1.38. The molecule has 0 fully saturated rings. The van der Waals surface area contributed by atoms with E-state index in [1.165, 1.54) is 0 Å². The smallest absolute Gasteiger partial charge is 0.147 e. The first-order valence-electron chi connectivity index (χ1n) is 7.77. The monoisotopic (exact) mass is 326 g/mol. The fourth-order valence-corrected chi connectivity index (χ4v) is 3.64. The zero-order valence-corrected chi connectivity index (χ0v) is 13.8. The molecule has 118 valence electrons. The standard InChI is InChI=1S/C16H18N6S/c1-11-19-15-6-5-12(9-22(15)21-11)18-8-13-10-23-16(20-13)14-4-2-3-7-17-14/h2-4,7,10,12,18H,5-6,8-9H2,1H3. The first kappa shape index (κ1) is 14.5. The van der Waals surface area contributed by atoms with Crippen molar-refractivity contribution in [3.63, 3.8) is 0 Å². The molecular formula is C16H18N6S. The molecule has 0 radical (unpaired) electrons. The number of pyridine rings is 1. The summed E-state index contributed by atoms with van der Waals surface area (Å²) >= 11 is 1.64. The molecular weight excluding hydrogens is 308 g/mol. The number of nitrogens with zero attached hydrogens (tertiary/aromatic N) is 5. The second-order valence-corrected chi connectivity index (χ2v) is 6.59. The predicted molar refractivity (Wildman–Crippen MR) is 89.1 cm³/mol. The molecule has 0 saturated heterocycles. The van der Waals surface area contributed by atoms with Crippen LogP contribution >= 0.6 is 11.3 Å². The quantitative estimate of drug-likeness (QED) is 0.796.